The van der Waals surface area contributed by atoms with Gasteiger partial charge in [-0.05, 0) is 37.6 Å². The molecule has 0 radical (unpaired) electrons. The Bertz CT molecular complexity index is 1150. The molecule has 3 heterocycles. The summed E-state index contributed by atoms with van der Waals surface area (Å²) in [5.74, 6) is -0.596. The van der Waals surface area contributed by atoms with E-state index in [1.165, 1.54) is 18.3 Å². The molecule has 4 rings (SSSR count). The van der Waals surface area contributed by atoms with Gasteiger partial charge in [0.1, 0.15) is 11.4 Å². The molecule has 0 bridgehead atoms. The van der Waals surface area contributed by atoms with Gasteiger partial charge < -0.3 is 5.32 Å². The number of aromatic nitrogens is 5. The molecule has 0 aliphatic heterocycles. The van der Waals surface area contributed by atoms with E-state index in [2.05, 4.69) is 20.5 Å². The number of rotatable bonds is 5. The van der Waals surface area contributed by atoms with E-state index in [9.17, 15) is 9.18 Å². The van der Waals surface area contributed by atoms with Crippen LogP contribution in [0.25, 0.3) is 16.9 Å². The summed E-state index contributed by atoms with van der Waals surface area (Å²) >= 11 is 0. The largest absolute Gasteiger partial charge is 0.348 e. The zero-order valence-corrected chi connectivity index (χ0v) is 15.6. The van der Waals surface area contributed by atoms with Crippen LogP contribution in [-0.4, -0.2) is 30.3 Å². The average molecular weight is 378 g/mol. The topological polar surface area (TPSA) is 77.1 Å². The molecular weight excluding hydrogens is 359 g/mol. The van der Waals surface area contributed by atoms with E-state index in [4.69, 9.17) is 0 Å². The second-order valence-corrected chi connectivity index (χ2v) is 6.42. The van der Waals surface area contributed by atoms with Crippen molar-refractivity contribution in [1.29, 1.82) is 0 Å². The van der Waals surface area contributed by atoms with Crippen LogP contribution in [0.4, 0.5) is 4.39 Å². The van der Waals surface area contributed by atoms with Gasteiger partial charge in [0.25, 0.3) is 5.91 Å². The van der Waals surface area contributed by atoms with Gasteiger partial charge in [-0.1, -0.05) is 12.1 Å². The van der Waals surface area contributed by atoms with Gasteiger partial charge in [-0.2, -0.15) is 10.2 Å². The fourth-order valence-corrected chi connectivity index (χ4v) is 3.07. The van der Waals surface area contributed by atoms with Crippen LogP contribution in [0.5, 0.6) is 0 Å². The molecule has 0 aliphatic rings. The number of aryl methyl sites for hydroxylation is 2. The zero-order valence-electron chi connectivity index (χ0n) is 15.6. The first-order valence-corrected chi connectivity index (χ1v) is 8.96. The van der Waals surface area contributed by atoms with Gasteiger partial charge in [0.2, 0.25) is 0 Å². The van der Waals surface area contributed by atoms with E-state index in [0.29, 0.717) is 17.8 Å². The van der Waals surface area contributed by atoms with Gasteiger partial charge in [-0.25, -0.2) is 13.9 Å². The van der Waals surface area contributed by atoms with Crippen LogP contribution in [-0.2, 0) is 13.1 Å². The van der Waals surface area contributed by atoms with Crippen molar-refractivity contribution in [3.63, 3.8) is 0 Å². The fraction of sp³-hybridized carbons (Fsp3) is 0.200. The van der Waals surface area contributed by atoms with Crippen LogP contribution in [0.15, 0.2) is 48.9 Å². The van der Waals surface area contributed by atoms with Crippen molar-refractivity contribution in [1.82, 2.24) is 29.7 Å². The van der Waals surface area contributed by atoms with Crippen molar-refractivity contribution in [3.8, 4) is 11.3 Å². The molecule has 0 saturated heterocycles. The lowest BCUT2D eigenvalue weighted by molar-refractivity contribution is 0.0952. The number of carbonyl (C=O) groups excluding carboxylic acids is 1. The molecule has 4 aromatic rings. The van der Waals surface area contributed by atoms with Crippen LogP contribution >= 0.6 is 0 Å². The summed E-state index contributed by atoms with van der Waals surface area (Å²) in [6.07, 6.45) is 5.12. The average Bonchev–Trinajstić information content (AvgIpc) is 3.30. The third kappa shape index (κ3) is 3.24. The summed E-state index contributed by atoms with van der Waals surface area (Å²) in [4.78, 5) is 17.0. The van der Waals surface area contributed by atoms with Crippen molar-refractivity contribution in [2.45, 2.75) is 26.9 Å². The van der Waals surface area contributed by atoms with Crippen LogP contribution < -0.4 is 5.32 Å². The maximum absolute atomic E-state index is 13.0. The van der Waals surface area contributed by atoms with Crippen LogP contribution in [0.1, 0.15) is 28.5 Å². The minimum absolute atomic E-state index is 0.287. The lowest BCUT2D eigenvalue weighted by atomic mass is 10.2. The maximum atomic E-state index is 13.0. The molecule has 28 heavy (non-hydrogen) atoms. The highest BCUT2D eigenvalue weighted by Gasteiger charge is 2.18. The van der Waals surface area contributed by atoms with Gasteiger partial charge in [0.15, 0.2) is 5.65 Å². The monoisotopic (exact) mass is 378 g/mol. The summed E-state index contributed by atoms with van der Waals surface area (Å²) in [5.41, 5.74) is 4.30. The third-order valence-electron chi connectivity index (χ3n) is 4.56. The van der Waals surface area contributed by atoms with Crippen molar-refractivity contribution in [2.24, 2.45) is 0 Å². The summed E-state index contributed by atoms with van der Waals surface area (Å²) < 4.78 is 16.5. The minimum atomic E-state index is -0.309. The number of nitrogens with one attached hydrogen (secondary N) is 1. The summed E-state index contributed by atoms with van der Waals surface area (Å²) in [7, 11) is 0. The molecule has 8 heteroatoms. The van der Waals surface area contributed by atoms with Gasteiger partial charge in [-0.3, -0.25) is 9.48 Å². The Hall–Kier alpha value is -3.55. The fourth-order valence-electron chi connectivity index (χ4n) is 3.07. The Kier molecular flexibility index (Phi) is 4.60. The Morgan fingerprint density at radius 2 is 2.00 bits per heavy atom. The van der Waals surface area contributed by atoms with Gasteiger partial charge in [0.05, 0.1) is 17.6 Å². The lowest BCUT2D eigenvalue weighted by Crippen LogP contribution is -2.22. The smallest absolute Gasteiger partial charge is 0.257 e. The summed E-state index contributed by atoms with van der Waals surface area (Å²) in [6, 6.07) is 7.85. The molecule has 0 saturated carbocycles. The van der Waals surface area contributed by atoms with E-state index < -0.39 is 0 Å². The van der Waals surface area contributed by atoms with Crippen molar-refractivity contribution < 1.29 is 9.18 Å². The molecule has 142 valence electrons. The molecule has 7 nitrogen and oxygen atoms in total. The van der Waals surface area contributed by atoms with Crippen LogP contribution in [0, 0.1) is 12.7 Å². The third-order valence-corrected chi connectivity index (χ3v) is 4.56. The Labute approximate surface area is 160 Å². The molecular formula is C20H19FN6O. The van der Waals surface area contributed by atoms with Gasteiger partial charge in [0, 0.05) is 31.0 Å². The van der Waals surface area contributed by atoms with Crippen molar-refractivity contribution in [3.05, 3.63) is 71.6 Å². The molecule has 1 amide bonds. The predicted molar refractivity (Wildman–Crippen MR) is 102 cm³/mol. The van der Waals surface area contributed by atoms with Crippen molar-refractivity contribution in [2.75, 3.05) is 0 Å². The van der Waals surface area contributed by atoms with Gasteiger partial charge in [-0.15, -0.1) is 0 Å². The molecule has 0 fully saturated rings. The highest BCUT2D eigenvalue weighted by atomic mass is 19.1. The molecule has 0 atom stereocenters. The lowest BCUT2D eigenvalue weighted by Gasteiger charge is -2.05. The molecule has 0 aliphatic carbocycles. The maximum Gasteiger partial charge on any atom is 0.257 e. The quantitative estimate of drug-likeness (QED) is 0.579. The van der Waals surface area contributed by atoms with Crippen LogP contribution in [0.3, 0.4) is 0 Å². The number of nitrogens with zero attached hydrogens (tertiary/aromatic N) is 5. The molecule has 0 spiro atoms. The highest BCUT2D eigenvalue weighted by molar-refractivity contribution is 5.99. The first-order chi connectivity index (χ1) is 13.6. The van der Waals surface area contributed by atoms with Gasteiger partial charge >= 0.3 is 0 Å². The molecule has 1 aromatic carbocycles. The first kappa shape index (κ1) is 17.8. The molecule has 1 N–H and O–H groups in total. The number of fused-ring (bicyclic) bond motifs is 1. The first-order valence-electron chi connectivity index (χ1n) is 8.96. The highest BCUT2D eigenvalue weighted by Crippen LogP contribution is 2.23. The number of benzene rings is 1. The number of amides is 1. The predicted octanol–water partition coefficient (Wildman–Crippen LogP) is 2.99. The molecule has 0 unspecified atom stereocenters. The zero-order chi connectivity index (χ0) is 19.7. The van der Waals surface area contributed by atoms with Crippen LogP contribution in [0.2, 0.25) is 0 Å². The van der Waals surface area contributed by atoms with E-state index in [0.717, 1.165) is 29.1 Å². The second kappa shape index (κ2) is 7.22. The number of hydrogen-bond donors (Lipinski definition) is 1. The normalized spacial score (nSPS) is 11.1. The molecule has 3 aromatic heterocycles. The summed E-state index contributed by atoms with van der Waals surface area (Å²) in [6.45, 7) is 5.02. The Morgan fingerprint density at radius 3 is 2.71 bits per heavy atom. The number of halogens is 1. The SMILES string of the molecule is CCn1cc(-c2ccnc3c(C(=O)NCc4ccc(F)cc4)cnn23)c(C)n1. The second-order valence-electron chi connectivity index (χ2n) is 6.42. The van der Waals surface area contributed by atoms with E-state index in [1.807, 2.05) is 30.8 Å². The van der Waals surface area contributed by atoms with E-state index >= 15 is 0 Å². The summed E-state index contributed by atoms with van der Waals surface area (Å²) in [5, 5.41) is 11.7. The Balaban J connectivity index is 1.63. The number of hydrogen-bond acceptors (Lipinski definition) is 4. The van der Waals surface area contributed by atoms with E-state index in [-0.39, 0.29) is 11.7 Å². The number of carbonyl (C=O) groups is 1. The Morgan fingerprint density at radius 1 is 1.21 bits per heavy atom. The van der Waals surface area contributed by atoms with Crippen molar-refractivity contribution >= 4 is 11.6 Å². The van der Waals surface area contributed by atoms with E-state index in [1.54, 1.807) is 22.8 Å². The minimum Gasteiger partial charge on any atom is -0.348 e. The standard InChI is InChI=1S/C20H19FN6O/c1-3-26-12-17(13(2)25-26)18-8-9-22-19-16(11-24-27(18)19)20(28)23-10-14-4-6-15(21)7-5-14/h4-9,11-12H,3,10H2,1-2H3,(H,23,28).